The summed E-state index contributed by atoms with van der Waals surface area (Å²) in [6.07, 6.45) is -2.62. The molecule has 1 fully saturated rings. The highest BCUT2D eigenvalue weighted by atomic mass is 16.7. The molecule has 1 heterocycles. The summed E-state index contributed by atoms with van der Waals surface area (Å²) in [6, 6.07) is -1.41. The minimum atomic E-state index is -2.44. The highest BCUT2D eigenvalue weighted by molar-refractivity contribution is 5.78. The second-order valence-corrected chi connectivity index (χ2v) is 6.62. The number of nitrogens with one attached hydrogen (secondary N) is 1. The quantitative estimate of drug-likeness (QED) is 0.0992. The van der Waals surface area contributed by atoms with Crippen LogP contribution in [0.3, 0.4) is 0 Å². The molecule has 1 aliphatic rings. The molecule has 1 aliphatic heterocycles. The van der Waals surface area contributed by atoms with Crippen molar-refractivity contribution >= 4 is 11.9 Å². The van der Waals surface area contributed by atoms with Crippen LogP contribution in [-0.4, -0.2) is 125 Å². The summed E-state index contributed by atoms with van der Waals surface area (Å²) in [6.45, 7) is -1.72. The van der Waals surface area contributed by atoms with Crippen LogP contribution in [0.1, 0.15) is 6.42 Å². The number of hydrogen-bond acceptors (Lipinski definition) is 11. The van der Waals surface area contributed by atoms with Crippen LogP contribution in [0.25, 0.3) is 0 Å². The van der Waals surface area contributed by atoms with Crippen LogP contribution in [0.5, 0.6) is 0 Å². The van der Waals surface area contributed by atoms with Crippen LogP contribution in [-0.2, 0) is 28.5 Å². The van der Waals surface area contributed by atoms with E-state index >= 15 is 0 Å². The largest absolute Gasteiger partial charge is 0.477 e. The normalized spacial score (nSPS) is 27.8. The third-order valence-corrected chi connectivity index (χ3v) is 4.41. The van der Waals surface area contributed by atoms with E-state index < -0.39 is 67.8 Å². The Morgan fingerprint density at radius 2 is 1.84 bits per heavy atom. The Bertz CT molecular complexity index is 611. The molecule has 31 heavy (non-hydrogen) atoms. The summed E-state index contributed by atoms with van der Waals surface area (Å²) >= 11 is 0. The van der Waals surface area contributed by atoms with Gasteiger partial charge >= 0.3 is 5.97 Å². The van der Waals surface area contributed by atoms with Gasteiger partial charge in [0.15, 0.2) is 0 Å². The van der Waals surface area contributed by atoms with Gasteiger partial charge in [-0.25, -0.2) is 4.79 Å². The van der Waals surface area contributed by atoms with Gasteiger partial charge in [-0.3, -0.25) is 4.79 Å². The lowest BCUT2D eigenvalue weighted by atomic mass is 9.88. The lowest BCUT2D eigenvalue weighted by molar-refractivity contribution is -0.313. The van der Waals surface area contributed by atoms with Crippen molar-refractivity contribution in [2.24, 2.45) is 0 Å². The number of amides is 1. The van der Waals surface area contributed by atoms with Crippen LogP contribution in [0, 0.1) is 12.3 Å². The maximum atomic E-state index is 11.9. The third kappa shape index (κ3) is 7.96. The van der Waals surface area contributed by atoms with Crippen LogP contribution in [0.4, 0.5) is 0 Å². The minimum Gasteiger partial charge on any atom is -0.477 e. The Labute approximate surface area is 178 Å². The van der Waals surface area contributed by atoms with Crippen molar-refractivity contribution in [2.75, 3.05) is 46.2 Å². The first-order chi connectivity index (χ1) is 14.7. The molecular formula is C18H29NO12. The average molecular weight is 451 g/mol. The lowest BCUT2D eigenvalue weighted by Crippen LogP contribution is -2.68. The molecule has 1 amide bonds. The molecule has 0 aromatic carbocycles. The van der Waals surface area contributed by atoms with Crippen molar-refractivity contribution in [3.8, 4) is 12.3 Å². The molecule has 1 rings (SSSR count). The SMILES string of the molecule is C#CCOCCOCCO[C@]1(C(=O)O)C[C@@H](O)[C@H](NC(=O)CO)[C@@H]([C@@H](O)[C@@H](O)CO)O1. The number of carboxylic acid groups (broad SMARTS) is 1. The molecule has 6 atom stereocenters. The van der Waals surface area contributed by atoms with E-state index in [-0.39, 0.29) is 33.0 Å². The summed E-state index contributed by atoms with van der Waals surface area (Å²) in [5.74, 6) is -2.73. The number of ether oxygens (including phenoxy) is 4. The molecular weight excluding hydrogens is 422 g/mol. The molecule has 0 spiro atoms. The molecule has 13 nitrogen and oxygen atoms in total. The Kier molecular flexibility index (Phi) is 11.9. The van der Waals surface area contributed by atoms with Gasteiger partial charge in [-0.1, -0.05) is 5.92 Å². The second-order valence-electron chi connectivity index (χ2n) is 6.62. The van der Waals surface area contributed by atoms with E-state index in [1.54, 1.807) is 0 Å². The molecule has 7 N–H and O–H groups in total. The fourth-order valence-corrected chi connectivity index (χ4v) is 2.89. The molecule has 0 aliphatic carbocycles. The van der Waals surface area contributed by atoms with E-state index in [4.69, 9.17) is 35.6 Å². The Balaban J connectivity index is 2.87. The van der Waals surface area contributed by atoms with Crippen LogP contribution in [0.15, 0.2) is 0 Å². The van der Waals surface area contributed by atoms with Gasteiger partial charge in [-0.2, -0.15) is 0 Å². The predicted molar refractivity (Wildman–Crippen MR) is 100 cm³/mol. The summed E-state index contributed by atoms with van der Waals surface area (Å²) in [5, 5.41) is 60.4. The van der Waals surface area contributed by atoms with E-state index in [1.165, 1.54) is 0 Å². The number of carboxylic acids is 1. The molecule has 13 heteroatoms. The van der Waals surface area contributed by atoms with E-state index in [2.05, 4.69) is 11.2 Å². The number of hydrogen-bond donors (Lipinski definition) is 7. The highest BCUT2D eigenvalue weighted by Crippen LogP contribution is 2.33. The van der Waals surface area contributed by atoms with E-state index in [0.29, 0.717) is 0 Å². The molecule has 0 aromatic heterocycles. The number of carbonyl (C=O) groups is 2. The fourth-order valence-electron chi connectivity index (χ4n) is 2.89. The molecule has 178 valence electrons. The van der Waals surface area contributed by atoms with Gasteiger partial charge in [0.2, 0.25) is 5.91 Å². The van der Waals surface area contributed by atoms with Crippen LogP contribution < -0.4 is 5.32 Å². The standard InChI is InChI=1S/C18H29NO12/c1-2-3-28-4-5-29-6-7-30-18(17(26)27)8-11(22)14(19-13(24)10-21)16(31-18)15(25)12(23)9-20/h1,11-12,14-16,20-23,25H,3-10H2,(H,19,24)(H,26,27)/t11-,12+,14+,15+,16+,18-/m1/s1. The number of aliphatic hydroxyl groups is 5. The third-order valence-electron chi connectivity index (χ3n) is 4.41. The molecule has 0 bridgehead atoms. The zero-order valence-corrected chi connectivity index (χ0v) is 16.8. The molecule has 1 saturated heterocycles. The van der Waals surface area contributed by atoms with Crippen molar-refractivity contribution in [2.45, 2.75) is 42.7 Å². The van der Waals surface area contributed by atoms with Crippen LogP contribution in [0.2, 0.25) is 0 Å². The zero-order chi connectivity index (χ0) is 23.4. The van der Waals surface area contributed by atoms with Crippen molar-refractivity contribution < 1.29 is 59.2 Å². The number of aliphatic hydroxyl groups excluding tert-OH is 5. The van der Waals surface area contributed by atoms with E-state index in [0.717, 1.165) is 0 Å². The topological polar surface area (TPSA) is 204 Å². The summed E-state index contributed by atoms with van der Waals surface area (Å²) in [4.78, 5) is 23.5. The first-order valence-electron chi connectivity index (χ1n) is 9.41. The number of rotatable bonds is 14. The molecule has 0 aromatic rings. The van der Waals surface area contributed by atoms with Gasteiger partial charge in [0, 0.05) is 6.42 Å². The predicted octanol–water partition coefficient (Wildman–Crippen LogP) is -4.21. The van der Waals surface area contributed by atoms with Crippen molar-refractivity contribution in [3.05, 3.63) is 0 Å². The van der Waals surface area contributed by atoms with Crippen molar-refractivity contribution in [3.63, 3.8) is 0 Å². The van der Waals surface area contributed by atoms with Gasteiger partial charge in [-0.15, -0.1) is 6.42 Å². The summed E-state index contributed by atoms with van der Waals surface area (Å²) in [7, 11) is 0. The Morgan fingerprint density at radius 1 is 1.19 bits per heavy atom. The molecule has 0 saturated carbocycles. The van der Waals surface area contributed by atoms with Gasteiger partial charge in [0.25, 0.3) is 5.79 Å². The van der Waals surface area contributed by atoms with Crippen molar-refractivity contribution in [1.82, 2.24) is 5.32 Å². The first kappa shape index (κ1) is 27.2. The maximum absolute atomic E-state index is 11.9. The van der Waals surface area contributed by atoms with Gasteiger partial charge in [0.1, 0.15) is 31.5 Å². The van der Waals surface area contributed by atoms with Crippen LogP contribution >= 0.6 is 0 Å². The lowest BCUT2D eigenvalue weighted by Gasteiger charge is -2.46. The monoisotopic (exact) mass is 451 g/mol. The zero-order valence-electron chi connectivity index (χ0n) is 16.8. The summed E-state index contributed by atoms with van der Waals surface area (Å²) in [5.41, 5.74) is 0. The smallest absolute Gasteiger partial charge is 0.364 e. The summed E-state index contributed by atoms with van der Waals surface area (Å²) < 4.78 is 20.9. The van der Waals surface area contributed by atoms with Gasteiger partial charge in [0.05, 0.1) is 45.2 Å². The Morgan fingerprint density at radius 3 is 2.42 bits per heavy atom. The number of aliphatic carboxylic acids is 1. The highest BCUT2D eigenvalue weighted by Gasteiger charge is 2.55. The number of carbonyl (C=O) groups excluding carboxylic acids is 1. The first-order valence-corrected chi connectivity index (χ1v) is 9.41. The average Bonchev–Trinajstić information content (AvgIpc) is 2.75. The molecule has 0 unspecified atom stereocenters. The molecule has 0 radical (unpaired) electrons. The van der Waals surface area contributed by atoms with Gasteiger partial charge in [-0.05, 0) is 0 Å². The van der Waals surface area contributed by atoms with E-state index in [9.17, 15) is 30.0 Å². The van der Waals surface area contributed by atoms with Gasteiger partial charge < -0.3 is 54.9 Å². The second kappa shape index (κ2) is 13.5. The minimum absolute atomic E-state index is 0.0644. The Hall–Kier alpha value is -1.86. The van der Waals surface area contributed by atoms with Crippen molar-refractivity contribution in [1.29, 1.82) is 0 Å². The maximum Gasteiger partial charge on any atom is 0.364 e. The fraction of sp³-hybridized carbons (Fsp3) is 0.778. The number of terminal acetylenes is 1. The van der Waals surface area contributed by atoms with E-state index in [1.807, 2.05) is 0 Å².